The normalized spacial score (nSPS) is 11.1. The molecule has 0 saturated carbocycles. The molecule has 0 saturated heterocycles. The summed E-state index contributed by atoms with van der Waals surface area (Å²) in [6.07, 6.45) is 0. The van der Waals surface area contributed by atoms with Crippen LogP contribution < -0.4 is 5.73 Å². The lowest BCUT2D eigenvalue weighted by atomic mass is 9.94. The van der Waals surface area contributed by atoms with E-state index < -0.39 is 0 Å². The number of aryl methyl sites for hydroxylation is 2. The van der Waals surface area contributed by atoms with Gasteiger partial charge in [0.15, 0.2) is 0 Å². The maximum atomic E-state index is 5.90. The second kappa shape index (κ2) is 3.46. The van der Waals surface area contributed by atoms with E-state index in [-0.39, 0.29) is 17.9 Å². The molecule has 0 unspecified atom stereocenters. The summed E-state index contributed by atoms with van der Waals surface area (Å²) in [5.74, 6) is 0.815. The number of aromatic nitrogens is 1. The lowest BCUT2D eigenvalue weighted by Crippen LogP contribution is -2.29. The Morgan fingerprint density at radius 3 is 2.00 bits per heavy atom. The van der Waals surface area contributed by atoms with Gasteiger partial charge in [0, 0.05) is 11.1 Å². The van der Waals surface area contributed by atoms with Crippen molar-refractivity contribution < 1.29 is 4.52 Å². The Balaban J connectivity index is 0.00000121. The van der Waals surface area contributed by atoms with Crippen molar-refractivity contribution in [3.05, 3.63) is 17.0 Å². The van der Waals surface area contributed by atoms with E-state index in [4.69, 9.17) is 10.3 Å². The summed E-state index contributed by atoms with van der Waals surface area (Å²) in [7, 11) is 0. The van der Waals surface area contributed by atoms with Gasteiger partial charge in [0.1, 0.15) is 5.76 Å². The molecule has 0 aliphatic carbocycles. The Kier molecular flexibility index (Phi) is 3.30. The Hall–Kier alpha value is -0.540. The zero-order valence-corrected chi connectivity index (χ0v) is 8.66. The van der Waals surface area contributed by atoms with Crippen LogP contribution in [-0.2, 0) is 5.54 Å². The molecule has 0 amide bonds. The van der Waals surface area contributed by atoms with Gasteiger partial charge in [-0.05, 0) is 27.7 Å². The molecule has 2 N–H and O–H groups in total. The van der Waals surface area contributed by atoms with Gasteiger partial charge in [-0.15, -0.1) is 12.4 Å². The summed E-state index contributed by atoms with van der Waals surface area (Å²) in [5.41, 5.74) is 7.45. The smallest absolute Gasteiger partial charge is 0.138 e. The average Bonchev–Trinajstić information content (AvgIpc) is 2.08. The lowest BCUT2D eigenvalue weighted by molar-refractivity contribution is 0.389. The molecule has 0 spiro atoms. The summed E-state index contributed by atoms with van der Waals surface area (Å²) in [4.78, 5) is 0. The van der Waals surface area contributed by atoms with Gasteiger partial charge < -0.3 is 10.3 Å². The van der Waals surface area contributed by atoms with Gasteiger partial charge in [-0.2, -0.15) is 0 Å². The highest BCUT2D eigenvalue weighted by atomic mass is 35.5. The fourth-order valence-electron chi connectivity index (χ4n) is 1.40. The summed E-state index contributed by atoms with van der Waals surface area (Å²) in [6, 6.07) is 0. The molecular formula is C8H15ClN2O. The van der Waals surface area contributed by atoms with Crippen molar-refractivity contribution in [2.24, 2.45) is 5.73 Å². The number of nitrogens with two attached hydrogens (primary N) is 1. The van der Waals surface area contributed by atoms with Crippen LogP contribution in [0.15, 0.2) is 4.52 Å². The molecule has 0 aliphatic rings. The molecule has 0 fully saturated rings. The predicted molar refractivity (Wildman–Crippen MR) is 50.4 cm³/mol. The van der Waals surface area contributed by atoms with Gasteiger partial charge in [-0.3, -0.25) is 0 Å². The molecule has 0 aliphatic heterocycles. The topological polar surface area (TPSA) is 52.0 Å². The van der Waals surface area contributed by atoms with Crippen LogP contribution in [0, 0.1) is 13.8 Å². The first-order chi connectivity index (χ1) is 4.93. The fraction of sp³-hybridized carbons (Fsp3) is 0.625. The van der Waals surface area contributed by atoms with E-state index in [0.29, 0.717) is 0 Å². The molecule has 1 heterocycles. The van der Waals surface area contributed by atoms with Crippen molar-refractivity contribution in [3.63, 3.8) is 0 Å². The summed E-state index contributed by atoms with van der Waals surface area (Å²) in [6.45, 7) is 7.67. The summed E-state index contributed by atoms with van der Waals surface area (Å²) >= 11 is 0. The minimum Gasteiger partial charge on any atom is -0.361 e. The Morgan fingerprint density at radius 2 is 1.83 bits per heavy atom. The first-order valence-electron chi connectivity index (χ1n) is 3.65. The average molecular weight is 191 g/mol. The van der Waals surface area contributed by atoms with E-state index in [1.807, 2.05) is 27.7 Å². The second-order valence-electron chi connectivity index (χ2n) is 3.42. The van der Waals surface area contributed by atoms with E-state index >= 15 is 0 Å². The minimum atomic E-state index is -0.353. The monoisotopic (exact) mass is 190 g/mol. The molecule has 4 heteroatoms. The third kappa shape index (κ3) is 1.99. The SMILES string of the molecule is Cc1noc(C)c1C(C)(C)N.Cl. The van der Waals surface area contributed by atoms with E-state index in [1.54, 1.807) is 0 Å². The van der Waals surface area contributed by atoms with Crippen LogP contribution >= 0.6 is 12.4 Å². The first kappa shape index (κ1) is 11.5. The van der Waals surface area contributed by atoms with Gasteiger partial charge >= 0.3 is 0 Å². The highest BCUT2D eigenvalue weighted by Crippen LogP contribution is 2.23. The van der Waals surface area contributed by atoms with Gasteiger partial charge in [-0.1, -0.05) is 5.16 Å². The van der Waals surface area contributed by atoms with Crippen molar-refractivity contribution in [2.45, 2.75) is 33.2 Å². The van der Waals surface area contributed by atoms with Crippen LogP contribution in [0.3, 0.4) is 0 Å². The molecule has 0 radical (unpaired) electrons. The lowest BCUT2D eigenvalue weighted by Gasteiger charge is -2.17. The third-order valence-corrected chi connectivity index (χ3v) is 1.68. The minimum absolute atomic E-state index is 0. The maximum Gasteiger partial charge on any atom is 0.138 e. The van der Waals surface area contributed by atoms with E-state index in [2.05, 4.69) is 5.16 Å². The van der Waals surface area contributed by atoms with Crippen molar-refractivity contribution >= 4 is 12.4 Å². The highest BCUT2D eigenvalue weighted by molar-refractivity contribution is 5.85. The zero-order chi connectivity index (χ0) is 8.65. The number of nitrogens with zero attached hydrogens (tertiary/aromatic N) is 1. The van der Waals surface area contributed by atoms with Crippen molar-refractivity contribution in [1.29, 1.82) is 0 Å². The number of halogens is 1. The van der Waals surface area contributed by atoms with Crippen LogP contribution in [0.4, 0.5) is 0 Å². The quantitative estimate of drug-likeness (QED) is 0.736. The van der Waals surface area contributed by atoms with Crippen LogP contribution in [0.1, 0.15) is 30.9 Å². The Bertz CT molecular complexity index is 243. The number of rotatable bonds is 1. The molecule has 1 rings (SSSR count). The molecule has 0 atom stereocenters. The summed E-state index contributed by atoms with van der Waals surface area (Å²) < 4.78 is 4.99. The van der Waals surface area contributed by atoms with E-state index in [1.165, 1.54) is 0 Å². The molecular weight excluding hydrogens is 176 g/mol. The molecule has 1 aromatic heterocycles. The van der Waals surface area contributed by atoms with Crippen LogP contribution in [0.5, 0.6) is 0 Å². The zero-order valence-electron chi connectivity index (χ0n) is 7.84. The van der Waals surface area contributed by atoms with Gasteiger partial charge in [-0.25, -0.2) is 0 Å². The van der Waals surface area contributed by atoms with Gasteiger partial charge in [0.25, 0.3) is 0 Å². The molecule has 1 aromatic rings. The van der Waals surface area contributed by atoms with Crippen LogP contribution in [-0.4, -0.2) is 5.16 Å². The van der Waals surface area contributed by atoms with Crippen molar-refractivity contribution in [1.82, 2.24) is 5.16 Å². The first-order valence-corrected chi connectivity index (χ1v) is 3.65. The maximum absolute atomic E-state index is 5.90. The molecule has 3 nitrogen and oxygen atoms in total. The van der Waals surface area contributed by atoms with E-state index in [9.17, 15) is 0 Å². The summed E-state index contributed by atoms with van der Waals surface area (Å²) in [5, 5.41) is 3.83. The fourth-order valence-corrected chi connectivity index (χ4v) is 1.40. The largest absolute Gasteiger partial charge is 0.361 e. The standard InChI is InChI=1S/C8H14N2O.ClH/c1-5-7(8(3,4)9)6(2)11-10-5;/h9H2,1-4H3;1H. The molecule has 0 bridgehead atoms. The van der Waals surface area contributed by atoms with Crippen molar-refractivity contribution in [2.75, 3.05) is 0 Å². The van der Waals surface area contributed by atoms with Crippen LogP contribution in [0.2, 0.25) is 0 Å². The molecule has 70 valence electrons. The Morgan fingerprint density at radius 1 is 1.33 bits per heavy atom. The van der Waals surface area contributed by atoms with Crippen LogP contribution in [0.25, 0.3) is 0 Å². The predicted octanol–water partition coefficient (Wildman–Crippen LogP) is 1.91. The Labute approximate surface area is 78.7 Å². The van der Waals surface area contributed by atoms with E-state index in [0.717, 1.165) is 17.0 Å². The van der Waals surface area contributed by atoms with Crippen molar-refractivity contribution in [3.8, 4) is 0 Å². The number of hydrogen-bond donors (Lipinski definition) is 1. The molecule has 0 aromatic carbocycles. The van der Waals surface area contributed by atoms with Gasteiger partial charge in [0.2, 0.25) is 0 Å². The third-order valence-electron chi connectivity index (χ3n) is 1.68. The second-order valence-corrected chi connectivity index (χ2v) is 3.42. The molecule has 12 heavy (non-hydrogen) atoms. The van der Waals surface area contributed by atoms with Gasteiger partial charge in [0.05, 0.1) is 5.69 Å². The highest BCUT2D eigenvalue weighted by Gasteiger charge is 2.22. The number of hydrogen-bond acceptors (Lipinski definition) is 3.